The molecule has 2 saturated heterocycles. The van der Waals surface area contributed by atoms with Crippen LogP contribution < -0.4 is 9.80 Å². The molecule has 0 saturated carbocycles. The first kappa shape index (κ1) is 19.8. The minimum absolute atomic E-state index is 0.0782. The highest BCUT2D eigenvalue weighted by molar-refractivity contribution is 7.86. The fraction of sp³-hybridized carbons (Fsp3) is 0.625. The van der Waals surface area contributed by atoms with Crippen molar-refractivity contribution in [1.82, 2.24) is 8.61 Å². The van der Waals surface area contributed by atoms with Crippen LogP contribution in [0.4, 0.5) is 17.1 Å². The molecule has 150 valence electrons. The molecule has 0 spiro atoms. The fourth-order valence-electron chi connectivity index (χ4n) is 3.33. The predicted molar refractivity (Wildman–Crippen MR) is 103 cm³/mol. The maximum Gasteiger partial charge on any atom is 0.292 e. The summed E-state index contributed by atoms with van der Waals surface area (Å²) in [4.78, 5) is 15.1. The van der Waals surface area contributed by atoms with Gasteiger partial charge in [0.1, 0.15) is 5.69 Å². The second-order valence-electron chi connectivity index (χ2n) is 6.71. The van der Waals surface area contributed by atoms with Crippen molar-refractivity contribution in [1.29, 1.82) is 0 Å². The van der Waals surface area contributed by atoms with Gasteiger partial charge < -0.3 is 14.5 Å². The van der Waals surface area contributed by atoms with Crippen molar-refractivity contribution in [3.63, 3.8) is 0 Å². The van der Waals surface area contributed by atoms with Crippen LogP contribution in [0.2, 0.25) is 0 Å². The van der Waals surface area contributed by atoms with E-state index in [2.05, 4.69) is 4.90 Å². The number of piperazine rings is 1. The quantitative estimate of drug-likeness (QED) is 0.521. The standard InChI is InChI=1S/C16H25N5O5S/c1-17(2)27(24,25)20-7-5-18(6-8-20)14-3-4-15(21(22)23)16(13-14)19-9-11-26-12-10-19/h3-4,13H,5-12H2,1-2H3. The van der Waals surface area contributed by atoms with Gasteiger partial charge in [-0.05, 0) is 12.1 Å². The average Bonchev–Trinajstić information content (AvgIpc) is 2.68. The lowest BCUT2D eigenvalue weighted by molar-refractivity contribution is -0.384. The molecule has 10 nitrogen and oxygen atoms in total. The monoisotopic (exact) mass is 399 g/mol. The first-order chi connectivity index (χ1) is 12.8. The van der Waals surface area contributed by atoms with Crippen LogP contribution in [-0.4, -0.2) is 88.5 Å². The molecule has 1 aromatic carbocycles. The Hall–Kier alpha value is -1.95. The van der Waals surface area contributed by atoms with Gasteiger partial charge >= 0.3 is 0 Å². The summed E-state index contributed by atoms with van der Waals surface area (Å²) in [6.07, 6.45) is 0. The van der Waals surface area contributed by atoms with Gasteiger partial charge in [-0.1, -0.05) is 0 Å². The summed E-state index contributed by atoms with van der Waals surface area (Å²) in [5.41, 5.74) is 1.53. The number of nitro groups is 1. The van der Waals surface area contributed by atoms with Crippen molar-refractivity contribution in [2.45, 2.75) is 0 Å². The molecule has 0 unspecified atom stereocenters. The highest BCUT2D eigenvalue weighted by Crippen LogP contribution is 2.33. The summed E-state index contributed by atoms with van der Waals surface area (Å²) in [6, 6.07) is 5.10. The Bertz CT molecular complexity index is 786. The molecule has 2 aliphatic rings. The molecule has 11 heteroatoms. The van der Waals surface area contributed by atoms with Gasteiger partial charge in [-0.3, -0.25) is 10.1 Å². The fourth-order valence-corrected chi connectivity index (χ4v) is 4.42. The van der Waals surface area contributed by atoms with E-state index in [-0.39, 0.29) is 10.6 Å². The molecule has 1 aromatic rings. The summed E-state index contributed by atoms with van der Waals surface area (Å²) >= 11 is 0. The molecular formula is C16H25N5O5S. The van der Waals surface area contributed by atoms with E-state index in [1.165, 1.54) is 28.8 Å². The molecule has 2 heterocycles. The Labute approximate surface area is 159 Å². The molecule has 0 aliphatic carbocycles. The molecule has 2 fully saturated rings. The number of hydrogen-bond donors (Lipinski definition) is 0. The normalized spacial score (nSPS) is 19.5. The van der Waals surface area contributed by atoms with Gasteiger partial charge in [-0.25, -0.2) is 0 Å². The number of ether oxygens (including phenoxy) is 1. The lowest BCUT2D eigenvalue weighted by Gasteiger charge is -2.37. The van der Waals surface area contributed by atoms with Crippen molar-refractivity contribution in [2.75, 3.05) is 76.4 Å². The lowest BCUT2D eigenvalue weighted by atomic mass is 10.2. The van der Waals surface area contributed by atoms with Crippen molar-refractivity contribution in [3.8, 4) is 0 Å². The zero-order valence-corrected chi connectivity index (χ0v) is 16.4. The van der Waals surface area contributed by atoms with Gasteiger partial charge in [0.25, 0.3) is 15.9 Å². The maximum absolute atomic E-state index is 12.2. The number of nitrogens with zero attached hydrogens (tertiary/aromatic N) is 5. The van der Waals surface area contributed by atoms with E-state index in [9.17, 15) is 18.5 Å². The topological polar surface area (TPSA) is 99.5 Å². The molecule has 3 rings (SSSR count). The molecule has 0 N–H and O–H groups in total. The van der Waals surface area contributed by atoms with Crippen LogP contribution in [0.25, 0.3) is 0 Å². The first-order valence-corrected chi connectivity index (χ1v) is 10.2. The maximum atomic E-state index is 12.2. The largest absolute Gasteiger partial charge is 0.378 e. The molecule has 0 aromatic heterocycles. The molecular weight excluding hydrogens is 374 g/mol. The zero-order chi connectivity index (χ0) is 19.6. The summed E-state index contributed by atoms with van der Waals surface area (Å²) in [5, 5.41) is 11.4. The summed E-state index contributed by atoms with van der Waals surface area (Å²) in [7, 11) is -0.379. The van der Waals surface area contributed by atoms with Gasteiger partial charge in [0, 0.05) is 65.1 Å². The van der Waals surface area contributed by atoms with Gasteiger partial charge in [0.15, 0.2) is 0 Å². The summed E-state index contributed by atoms with van der Waals surface area (Å²) < 4.78 is 32.5. The van der Waals surface area contributed by atoms with E-state index in [0.29, 0.717) is 58.2 Å². The van der Waals surface area contributed by atoms with Crippen molar-refractivity contribution < 1.29 is 18.1 Å². The SMILES string of the molecule is CN(C)S(=O)(=O)N1CCN(c2ccc([N+](=O)[O-])c(N3CCOCC3)c2)CC1. The highest BCUT2D eigenvalue weighted by Gasteiger charge is 2.29. The Kier molecular flexibility index (Phi) is 5.84. The Morgan fingerprint density at radius 2 is 1.67 bits per heavy atom. The Balaban J connectivity index is 1.79. The van der Waals surface area contributed by atoms with Crippen molar-refractivity contribution in [3.05, 3.63) is 28.3 Å². The molecule has 0 amide bonds. The van der Waals surface area contributed by atoms with E-state index < -0.39 is 10.2 Å². The average molecular weight is 399 g/mol. The van der Waals surface area contributed by atoms with Crippen molar-refractivity contribution >= 4 is 27.3 Å². The van der Waals surface area contributed by atoms with E-state index in [1.807, 2.05) is 11.0 Å². The molecule has 0 bridgehead atoms. The van der Waals surface area contributed by atoms with Gasteiger partial charge in [-0.2, -0.15) is 17.0 Å². The third kappa shape index (κ3) is 4.15. The number of rotatable bonds is 5. The minimum Gasteiger partial charge on any atom is -0.378 e. The molecule has 27 heavy (non-hydrogen) atoms. The van der Waals surface area contributed by atoms with Gasteiger partial charge in [0.2, 0.25) is 0 Å². The predicted octanol–water partition coefficient (Wildman–Crippen LogP) is 0.360. The van der Waals surface area contributed by atoms with E-state index in [1.54, 1.807) is 6.07 Å². The van der Waals surface area contributed by atoms with Crippen LogP contribution in [-0.2, 0) is 14.9 Å². The third-order valence-electron chi connectivity index (χ3n) is 4.90. The molecule has 0 radical (unpaired) electrons. The van der Waals surface area contributed by atoms with Gasteiger partial charge in [0.05, 0.1) is 18.1 Å². The smallest absolute Gasteiger partial charge is 0.292 e. The Morgan fingerprint density at radius 1 is 1.04 bits per heavy atom. The number of benzene rings is 1. The summed E-state index contributed by atoms with van der Waals surface area (Å²) in [5.74, 6) is 0. The lowest BCUT2D eigenvalue weighted by Crippen LogP contribution is -2.51. The number of nitro benzene ring substituents is 1. The van der Waals surface area contributed by atoms with Crippen LogP contribution in [0, 0.1) is 10.1 Å². The minimum atomic E-state index is -3.42. The highest BCUT2D eigenvalue weighted by atomic mass is 32.2. The third-order valence-corrected chi connectivity index (χ3v) is 6.84. The number of morpholine rings is 1. The zero-order valence-electron chi connectivity index (χ0n) is 15.6. The van der Waals surface area contributed by atoms with E-state index >= 15 is 0 Å². The first-order valence-electron chi connectivity index (χ1n) is 8.84. The Morgan fingerprint density at radius 3 is 2.22 bits per heavy atom. The number of hydrogen-bond acceptors (Lipinski definition) is 7. The van der Waals surface area contributed by atoms with E-state index in [4.69, 9.17) is 4.74 Å². The summed E-state index contributed by atoms with van der Waals surface area (Å²) in [6.45, 7) is 4.14. The van der Waals surface area contributed by atoms with Crippen LogP contribution in [0.1, 0.15) is 0 Å². The van der Waals surface area contributed by atoms with Crippen LogP contribution in [0.5, 0.6) is 0 Å². The second-order valence-corrected chi connectivity index (χ2v) is 8.85. The molecule has 2 aliphatic heterocycles. The van der Waals surface area contributed by atoms with Crippen LogP contribution in [0.15, 0.2) is 18.2 Å². The van der Waals surface area contributed by atoms with Crippen molar-refractivity contribution in [2.24, 2.45) is 0 Å². The molecule has 0 atom stereocenters. The number of anilines is 2. The van der Waals surface area contributed by atoms with Gasteiger partial charge in [-0.15, -0.1) is 0 Å². The van der Waals surface area contributed by atoms with Crippen LogP contribution in [0.3, 0.4) is 0 Å². The second kappa shape index (κ2) is 7.97. The van der Waals surface area contributed by atoms with Crippen LogP contribution >= 0.6 is 0 Å². The van der Waals surface area contributed by atoms with E-state index in [0.717, 1.165) is 5.69 Å².